The number of hydrazine groups is 1. The molecule has 0 aliphatic rings. The highest BCUT2D eigenvalue weighted by molar-refractivity contribution is 5.38. The fourth-order valence-corrected chi connectivity index (χ4v) is 2.05. The average molecular weight is 294 g/mol. The van der Waals surface area contributed by atoms with Gasteiger partial charge in [0.05, 0.1) is 13.2 Å². The number of hydrogen-bond donors (Lipinski definition) is 2. The van der Waals surface area contributed by atoms with Gasteiger partial charge in [-0.05, 0) is 35.4 Å². The van der Waals surface area contributed by atoms with Crippen LogP contribution in [0, 0.1) is 0 Å². The lowest BCUT2D eigenvalue weighted by atomic mass is 9.99. The highest BCUT2D eigenvalue weighted by Gasteiger charge is 2.13. The lowest BCUT2D eigenvalue weighted by Gasteiger charge is -2.18. The van der Waals surface area contributed by atoms with Gasteiger partial charge >= 0.3 is 6.61 Å². The van der Waals surface area contributed by atoms with Crippen molar-refractivity contribution >= 4 is 0 Å². The number of nitrogens with one attached hydrogen (secondary N) is 1. The summed E-state index contributed by atoms with van der Waals surface area (Å²) in [5.74, 6) is 6.43. The fraction of sp³-hybridized carbons (Fsp3) is 0.200. The predicted molar refractivity (Wildman–Crippen MR) is 75.2 cm³/mol. The van der Waals surface area contributed by atoms with Crippen molar-refractivity contribution in [3.8, 4) is 11.5 Å². The first kappa shape index (κ1) is 15.2. The second-order valence-electron chi connectivity index (χ2n) is 4.32. The molecular formula is C15H16F2N2O2. The highest BCUT2D eigenvalue weighted by Crippen LogP contribution is 2.26. The van der Waals surface area contributed by atoms with E-state index in [1.54, 1.807) is 19.2 Å². The summed E-state index contributed by atoms with van der Waals surface area (Å²) in [6, 6.07) is 13.5. The maximum Gasteiger partial charge on any atom is 0.387 e. The molecule has 0 spiro atoms. The van der Waals surface area contributed by atoms with E-state index in [4.69, 9.17) is 10.6 Å². The molecule has 2 rings (SSSR count). The molecule has 2 aromatic carbocycles. The maximum absolute atomic E-state index is 12.1. The molecule has 4 nitrogen and oxygen atoms in total. The Balaban J connectivity index is 2.24. The van der Waals surface area contributed by atoms with E-state index in [-0.39, 0.29) is 11.8 Å². The van der Waals surface area contributed by atoms with E-state index in [1.807, 2.05) is 24.3 Å². The lowest BCUT2D eigenvalue weighted by Crippen LogP contribution is -2.28. The smallest absolute Gasteiger partial charge is 0.387 e. The minimum absolute atomic E-state index is 0.107. The molecular weight excluding hydrogens is 278 g/mol. The van der Waals surface area contributed by atoms with Gasteiger partial charge in [-0.2, -0.15) is 8.78 Å². The number of alkyl halides is 2. The van der Waals surface area contributed by atoms with Gasteiger partial charge in [-0.3, -0.25) is 5.84 Å². The standard InChI is InChI=1S/C15H16F2N2O2/c1-20-13-4-2-3-11(9-13)14(19-18)10-5-7-12(8-6-10)21-15(16)17/h2-9,14-15,19H,18H2,1H3. The first-order valence-electron chi connectivity index (χ1n) is 6.29. The Labute approximate surface area is 121 Å². The van der Waals surface area contributed by atoms with Crippen LogP contribution in [0.15, 0.2) is 48.5 Å². The van der Waals surface area contributed by atoms with Crippen LogP contribution in [0.4, 0.5) is 8.78 Å². The van der Waals surface area contributed by atoms with Gasteiger partial charge in [0, 0.05) is 0 Å². The van der Waals surface area contributed by atoms with Crippen molar-refractivity contribution < 1.29 is 18.3 Å². The van der Waals surface area contributed by atoms with E-state index in [0.717, 1.165) is 11.1 Å². The first-order chi connectivity index (χ1) is 10.1. The molecule has 0 bridgehead atoms. The predicted octanol–water partition coefficient (Wildman–Crippen LogP) is 2.85. The SMILES string of the molecule is COc1cccc(C(NN)c2ccc(OC(F)F)cc2)c1. The van der Waals surface area contributed by atoms with Crippen LogP contribution in [0.25, 0.3) is 0 Å². The average Bonchev–Trinajstić information content (AvgIpc) is 2.49. The Hall–Kier alpha value is -2.18. The number of hydrogen-bond acceptors (Lipinski definition) is 4. The Morgan fingerprint density at radius 2 is 1.71 bits per heavy atom. The third-order valence-electron chi connectivity index (χ3n) is 3.03. The van der Waals surface area contributed by atoms with Crippen LogP contribution in [-0.2, 0) is 0 Å². The minimum Gasteiger partial charge on any atom is -0.497 e. The number of halogens is 2. The second-order valence-corrected chi connectivity index (χ2v) is 4.32. The molecule has 0 heterocycles. The summed E-state index contributed by atoms with van der Waals surface area (Å²) in [7, 11) is 1.58. The van der Waals surface area contributed by atoms with Crippen molar-refractivity contribution in [2.24, 2.45) is 5.84 Å². The maximum atomic E-state index is 12.1. The van der Waals surface area contributed by atoms with Crippen LogP contribution in [0.2, 0.25) is 0 Å². The van der Waals surface area contributed by atoms with Crippen molar-refractivity contribution in [1.82, 2.24) is 5.43 Å². The number of ether oxygens (including phenoxy) is 2. The van der Waals surface area contributed by atoms with Gasteiger partial charge in [0.25, 0.3) is 0 Å². The Bertz CT molecular complexity index is 576. The summed E-state index contributed by atoms with van der Waals surface area (Å²) in [5, 5.41) is 0. The zero-order valence-corrected chi connectivity index (χ0v) is 11.4. The fourth-order valence-electron chi connectivity index (χ4n) is 2.05. The van der Waals surface area contributed by atoms with E-state index in [2.05, 4.69) is 10.2 Å². The summed E-state index contributed by atoms with van der Waals surface area (Å²) >= 11 is 0. The van der Waals surface area contributed by atoms with Crippen LogP contribution in [0.3, 0.4) is 0 Å². The third-order valence-corrected chi connectivity index (χ3v) is 3.03. The zero-order chi connectivity index (χ0) is 15.2. The molecule has 0 saturated heterocycles. The molecule has 112 valence electrons. The van der Waals surface area contributed by atoms with Gasteiger partial charge < -0.3 is 9.47 Å². The van der Waals surface area contributed by atoms with Crippen molar-refractivity contribution in [3.05, 3.63) is 59.7 Å². The molecule has 21 heavy (non-hydrogen) atoms. The molecule has 0 aliphatic heterocycles. The summed E-state index contributed by atoms with van der Waals surface area (Å²) < 4.78 is 33.7. The molecule has 3 N–H and O–H groups in total. The van der Waals surface area contributed by atoms with Crippen LogP contribution in [0.1, 0.15) is 17.2 Å². The van der Waals surface area contributed by atoms with Crippen molar-refractivity contribution in [2.75, 3.05) is 7.11 Å². The zero-order valence-electron chi connectivity index (χ0n) is 11.4. The molecule has 0 saturated carbocycles. The highest BCUT2D eigenvalue weighted by atomic mass is 19.3. The Morgan fingerprint density at radius 1 is 1.00 bits per heavy atom. The van der Waals surface area contributed by atoms with Gasteiger partial charge in [-0.15, -0.1) is 0 Å². The van der Waals surface area contributed by atoms with E-state index in [9.17, 15) is 8.78 Å². The van der Waals surface area contributed by atoms with Crippen LogP contribution in [0.5, 0.6) is 11.5 Å². The van der Waals surface area contributed by atoms with Crippen LogP contribution in [-0.4, -0.2) is 13.7 Å². The molecule has 1 atom stereocenters. The van der Waals surface area contributed by atoms with Gasteiger partial charge in [0.15, 0.2) is 0 Å². The third kappa shape index (κ3) is 3.90. The summed E-state index contributed by atoms with van der Waals surface area (Å²) in [6.07, 6.45) is 0. The van der Waals surface area contributed by atoms with Gasteiger partial charge in [-0.25, -0.2) is 5.43 Å². The molecule has 6 heteroatoms. The van der Waals surface area contributed by atoms with Gasteiger partial charge in [0.1, 0.15) is 11.5 Å². The van der Waals surface area contributed by atoms with Crippen molar-refractivity contribution in [3.63, 3.8) is 0 Å². The molecule has 2 aromatic rings. The molecule has 0 aromatic heterocycles. The molecule has 0 amide bonds. The first-order valence-corrected chi connectivity index (χ1v) is 6.29. The summed E-state index contributed by atoms with van der Waals surface area (Å²) in [4.78, 5) is 0. The van der Waals surface area contributed by atoms with Crippen molar-refractivity contribution in [2.45, 2.75) is 12.7 Å². The molecule has 0 aliphatic carbocycles. The van der Waals surface area contributed by atoms with Crippen molar-refractivity contribution in [1.29, 1.82) is 0 Å². The van der Waals surface area contributed by atoms with E-state index in [0.29, 0.717) is 5.75 Å². The minimum atomic E-state index is -2.84. The number of nitrogens with two attached hydrogens (primary N) is 1. The van der Waals surface area contributed by atoms with E-state index >= 15 is 0 Å². The molecule has 0 fully saturated rings. The number of benzene rings is 2. The van der Waals surface area contributed by atoms with Crippen LogP contribution >= 0.6 is 0 Å². The monoisotopic (exact) mass is 294 g/mol. The quantitative estimate of drug-likeness (QED) is 0.635. The van der Waals surface area contributed by atoms with E-state index in [1.165, 1.54) is 12.1 Å². The lowest BCUT2D eigenvalue weighted by molar-refractivity contribution is -0.0498. The normalized spacial score (nSPS) is 12.2. The van der Waals surface area contributed by atoms with Gasteiger partial charge in [-0.1, -0.05) is 24.3 Å². The largest absolute Gasteiger partial charge is 0.497 e. The topological polar surface area (TPSA) is 56.5 Å². The molecule has 0 radical (unpaired) electrons. The summed E-state index contributed by atoms with van der Waals surface area (Å²) in [5.41, 5.74) is 4.43. The number of rotatable bonds is 6. The number of methoxy groups -OCH3 is 1. The Morgan fingerprint density at radius 3 is 2.29 bits per heavy atom. The Kier molecular flexibility index (Phi) is 5.08. The summed E-state index contributed by atoms with van der Waals surface area (Å²) in [6.45, 7) is -2.84. The van der Waals surface area contributed by atoms with E-state index < -0.39 is 6.61 Å². The second kappa shape index (κ2) is 7.01. The van der Waals surface area contributed by atoms with Gasteiger partial charge in [0.2, 0.25) is 0 Å². The van der Waals surface area contributed by atoms with Crippen LogP contribution < -0.4 is 20.7 Å². The molecule has 1 unspecified atom stereocenters.